The van der Waals surface area contributed by atoms with Gasteiger partial charge in [0.1, 0.15) is 0 Å². The molecule has 0 heterocycles. The standard InChI is InChI=1S/C14H28/c1-10(12(3,4)5)14(8)9-13(6,7)11(14)2/h10-11H,9H2,1-8H3. The van der Waals surface area contributed by atoms with Crippen molar-refractivity contribution in [1.82, 2.24) is 0 Å². The van der Waals surface area contributed by atoms with E-state index >= 15 is 0 Å². The summed E-state index contributed by atoms with van der Waals surface area (Å²) in [4.78, 5) is 0. The molecule has 0 N–H and O–H groups in total. The average molecular weight is 196 g/mol. The lowest BCUT2D eigenvalue weighted by molar-refractivity contribution is -0.142. The van der Waals surface area contributed by atoms with Gasteiger partial charge in [-0.15, -0.1) is 0 Å². The van der Waals surface area contributed by atoms with Crippen LogP contribution in [-0.2, 0) is 0 Å². The van der Waals surface area contributed by atoms with Crippen molar-refractivity contribution in [2.45, 2.75) is 61.8 Å². The normalized spacial score (nSPS) is 39.0. The van der Waals surface area contributed by atoms with Crippen molar-refractivity contribution >= 4 is 0 Å². The Morgan fingerprint density at radius 2 is 1.57 bits per heavy atom. The summed E-state index contributed by atoms with van der Waals surface area (Å²) in [7, 11) is 0. The molecule has 0 aromatic heterocycles. The number of rotatable bonds is 1. The van der Waals surface area contributed by atoms with Gasteiger partial charge < -0.3 is 0 Å². The van der Waals surface area contributed by atoms with Gasteiger partial charge in [-0.2, -0.15) is 0 Å². The minimum Gasteiger partial charge on any atom is -0.0615 e. The Morgan fingerprint density at radius 1 is 1.14 bits per heavy atom. The van der Waals surface area contributed by atoms with E-state index < -0.39 is 0 Å². The van der Waals surface area contributed by atoms with E-state index in [4.69, 9.17) is 0 Å². The third kappa shape index (κ3) is 1.61. The first-order chi connectivity index (χ1) is 6.02. The van der Waals surface area contributed by atoms with E-state index in [2.05, 4.69) is 55.4 Å². The lowest BCUT2D eigenvalue weighted by Crippen LogP contribution is -2.56. The van der Waals surface area contributed by atoms with Crippen molar-refractivity contribution in [3.05, 3.63) is 0 Å². The minimum absolute atomic E-state index is 0.444. The fraction of sp³-hybridized carbons (Fsp3) is 1.00. The van der Waals surface area contributed by atoms with Crippen LogP contribution in [0.2, 0.25) is 0 Å². The van der Waals surface area contributed by atoms with Gasteiger partial charge in [0, 0.05) is 0 Å². The van der Waals surface area contributed by atoms with Gasteiger partial charge in [0.15, 0.2) is 0 Å². The SMILES string of the molecule is CC(C(C)(C)C)C1(C)CC(C)(C)C1C. The molecule has 0 aromatic rings. The molecule has 1 aliphatic rings. The highest BCUT2D eigenvalue weighted by atomic mass is 14.6. The molecule has 3 atom stereocenters. The highest BCUT2D eigenvalue weighted by molar-refractivity contribution is 5.05. The van der Waals surface area contributed by atoms with E-state index in [9.17, 15) is 0 Å². The largest absolute Gasteiger partial charge is 0.0615 e. The summed E-state index contributed by atoms with van der Waals surface area (Å²) < 4.78 is 0. The summed E-state index contributed by atoms with van der Waals surface area (Å²) in [6, 6.07) is 0. The molecule has 14 heavy (non-hydrogen) atoms. The summed E-state index contributed by atoms with van der Waals surface area (Å²) in [5.41, 5.74) is 1.56. The first kappa shape index (κ1) is 12.1. The lowest BCUT2D eigenvalue weighted by Gasteiger charge is -2.63. The maximum Gasteiger partial charge on any atom is -0.0259 e. The second-order valence-electron chi connectivity index (χ2n) is 7.48. The lowest BCUT2D eigenvalue weighted by atomic mass is 9.42. The Balaban J connectivity index is 2.81. The highest BCUT2D eigenvalue weighted by Gasteiger charge is 2.57. The zero-order valence-corrected chi connectivity index (χ0v) is 11.4. The van der Waals surface area contributed by atoms with E-state index in [1.807, 2.05) is 0 Å². The van der Waals surface area contributed by atoms with Crippen LogP contribution in [0, 0.1) is 28.1 Å². The van der Waals surface area contributed by atoms with E-state index in [1.165, 1.54) is 6.42 Å². The summed E-state index contributed by atoms with van der Waals surface area (Å²) in [5.74, 6) is 1.65. The van der Waals surface area contributed by atoms with Crippen molar-refractivity contribution in [2.24, 2.45) is 28.1 Å². The maximum absolute atomic E-state index is 2.48. The summed E-state index contributed by atoms with van der Waals surface area (Å²) in [5, 5.41) is 0. The Bertz CT molecular complexity index is 219. The van der Waals surface area contributed by atoms with Crippen molar-refractivity contribution in [1.29, 1.82) is 0 Å². The van der Waals surface area contributed by atoms with Gasteiger partial charge >= 0.3 is 0 Å². The second kappa shape index (κ2) is 3.00. The minimum atomic E-state index is 0.444. The zero-order valence-electron chi connectivity index (χ0n) is 11.4. The Hall–Kier alpha value is 0. The molecule has 84 valence electrons. The molecule has 3 unspecified atom stereocenters. The first-order valence-electron chi connectivity index (χ1n) is 6.02. The molecule has 1 rings (SSSR count). The fourth-order valence-corrected chi connectivity index (χ4v) is 3.57. The van der Waals surface area contributed by atoms with E-state index in [0.717, 1.165) is 11.8 Å². The first-order valence-corrected chi connectivity index (χ1v) is 6.02. The fourth-order valence-electron chi connectivity index (χ4n) is 3.57. The van der Waals surface area contributed by atoms with Crippen molar-refractivity contribution < 1.29 is 0 Å². The Kier molecular flexibility index (Phi) is 2.58. The van der Waals surface area contributed by atoms with Crippen LogP contribution in [0.1, 0.15) is 61.8 Å². The van der Waals surface area contributed by atoms with E-state index in [1.54, 1.807) is 0 Å². The van der Waals surface area contributed by atoms with Crippen LogP contribution in [0.25, 0.3) is 0 Å². The topological polar surface area (TPSA) is 0 Å². The van der Waals surface area contributed by atoms with Gasteiger partial charge in [-0.05, 0) is 34.5 Å². The smallest absolute Gasteiger partial charge is 0.0259 e. The predicted molar refractivity (Wildman–Crippen MR) is 64.3 cm³/mol. The summed E-state index contributed by atoms with van der Waals surface area (Å²) >= 11 is 0. The van der Waals surface area contributed by atoms with Gasteiger partial charge in [-0.25, -0.2) is 0 Å². The van der Waals surface area contributed by atoms with Gasteiger partial charge in [0.05, 0.1) is 0 Å². The van der Waals surface area contributed by atoms with E-state index in [0.29, 0.717) is 16.2 Å². The average Bonchev–Trinajstić information content (AvgIpc) is 1.99. The molecule has 0 bridgehead atoms. The molecule has 0 aromatic carbocycles. The molecule has 0 heteroatoms. The van der Waals surface area contributed by atoms with Gasteiger partial charge in [0.2, 0.25) is 0 Å². The van der Waals surface area contributed by atoms with Crippen molar-refractivity contribution in [3.8, 4) is 0 Å². The molecule has 1 aliphatic carbocycles. The van der Waals surface area contributed by atoms with Crippen LogP contribution in [0.3, 0.4) is 0 Å². The molecule has 1 saturated carbocycles. The third-order valence-corrected chi connectivity index (χ3v) is 5.29. The molecule has 0 radical (unpaired) electrons. The molecule has 1 fully saturated rings. The van der Waals surface area contributed by atoms with Crippen LogP contribution >= 0.6 is 0 Å². The molecule has 0 aliphatic heterocycles. The van der Waals surface area contributed by atoms with Gasteiger partial charge in [0.25, 0.3) is 0 Å². The number of hydrogen-bond donors (Lipinski definition) is 0. The van der Waals surface area contributed by atoms with Crippen LogP contribution in [-0.4, -0.2) is 0 Å². The zero-order chi connectivity index (χ0) is 11.4. The van der Waals surface area contributed by atoms with Crippen LogP contribution in [0.4, 0.5) is 0 Å². The van der Waals surface area contributed by atoms with Crippen molar-refractivity contribution in [2.75, 3.05) is 0 Å². The highest BCUT2D eigenvalue weighted by Crippen LogP contribution is 2.64. The van der Waals surface area contributed by atoms with Gasteiger partial charge in [-0.1, -0.05) is 55.4 Å². The quantitative estimate of drug-likeness (QED) is 0.568. The summed E-state index contributed by atoms with van der Waals surface area (Å²) in [6.07, 6.45) is 1.39. The molecule has 0 spiro atoms. The molecule has 0 saturated heterocycles. The molecular weight excluding hydrogens is 168 g/mol. The maximum atomic E-state index is 2.48. The monoisotopic (exact) mass is 196 g/mol. The second-order valence-corrected chi connectivity index (χ2v) is 7.48. The van der Waals surface area contributed by atoms with Crippen LogP contribution in [0.5, 0.6) is 0 Å². The van der Waals surface area contributed by atoms with Crippen LogP contribution < -0.4 is 0 Å². The van der Waals surface area contributed by atoms with E-state index in [-0.39, 0.29) is 0 Å². The Morgan fingerprint density at radius 3 is 1.79 bits per heavy atom. The van der Waals surface area contributed by atoms with Crippen molar-refractivity contribution in [3.63, 3.8) is 0 Å². The molecule has 0 nitrogen and oxygen atoms in total. The molecular formula is C14H28. The molecule has 0 amide bonds. The predicted octanol–water partition coefficient (Wildman–Crippen LogP) is 4.74. The third-order valence-electron chi connectivity index (χ3n) is 5.29. The summed E-state index contributed by atoms with van der Waals surface area (Å²) in [6.45, 7) is 19.3. The number of hydrogen-bond acceptors (Lipinski definition) is 0. The van der Waals surface area contributed by atoms with Gasteiger partial charge in [-0.3, -0.25) is 0 Å². The van der Waals surface area contributed by atoms with Crippen LogP contribution in [0.15, 0.2) is 0 Å². The Labute approximate surface area is 90.5 Å².